The Hall–Kier alpha value is -1.77. The van der Waals surface area contributed by atoms with Crippen molar-refractivity contribution in [3.63, 3.8) is 0 Å². The van der Waals surface area contributed by atoms with Gasteiger partial charge in [-0.1, -0.05) is 12.1 Å². The molecular formula is C15H19N3. The Morgan fingerprint density at radius 1 is 1.17 bits per heavy atom. The van der Waals surface area contributed by atoms with Gasteiger partial charge in [0.1, 0.15) is 0 Å². The summed E-state index contributed by atoms with van der Waals surface area (Å²) in [5.74, 6) is 0.584. The third-order valence-electron chi connectivity index (χ3n) is 3.93. The quantitative estimate of drug-likeness (QED) is 0.834. The van der Waals surface area contributed by atoms with Gasteiger partial charge in [-0.25, -0.2) is 4.98 Å². The van der Waals surface area contributed by atoms with Gasteiger partial charge in [-0.05, 0) is 49.8 Å². The van der Waals surface area contributed by atoms with Gasteiger partial charge in [0.25, 0.3) is 0 Å². The standard InChI is InChI=1S/C15H19N3/c1-10-14(18(2)15(16)17-10)13-8-7-11-5-3-4-6-12(11)9-13/h7-9H,3-6H2,1-2H3,(H2,16,17). The number of imidazole rings is 1. The van der Waals surface area contributed by atoms with Crippen molar-refractivity contribution in [2.45, 2.75) is 32.6 Å². The van der Waals surface area contributed by atoms with Crippen LogP contribution in [0.15, 0.2) is 18.2 Å². The van der Waals surface area contributed by atoms with Crippen LogP contribution in [-0.2, 0) is 19.9 Å². The molecule has 0 radical (unpaired) electrons. The van der Waals surface area contributed by atoms with Crippen molar-refractivity contribution in [2.24, 2.45) is 7.05 Å². The highest BCUT2D eigenvalue weighted by atomic mass is 15.1. The molecule has 2 N–H and O–H groups in total. The molecule has 0 amide bonds. The Balaban J connectivity index is 2.12. The predicted octanol–water partition coefficient (Wildman–Crippen LogP) is 2.86. The van der Waals surface area contributed by atoms with E-state index in [0.29, 0.717) is 5.95 Å². The van der Waals surface area contributed by atoms with Crippen LogP contribution < -0.4 is 5.73 Å². The molecule has 1 aliphatic rings. The maximum atomic E-state index is 5.87. The Morgan fingerprint density at radius 2 is 1.89 bits per heavy atom. The largest absolute Gasteiger partial charge is 0.369 e. The first-order chi connectivity index (χ1) is 8.66. The van der Waals surface area contributed by atoms with Crippen LogP contribution in [0.3, 0.4) is 0 Å². The van der Waals surface area contributed by atoms with Crippen LogP contribution in [0.2, 0.25) is 0 Å². The van der Waals surface area contributed by atoms with E-state index in [0.717, 1.165) is 11.4 Å². The highest BCUT2D eigenvalue weighted by Crippen LogP contribution is 2.29. The van der Waals surface area contributed by atoms with Crippen LogP contribution in [0.5, 0.6) is 0 Å². The third-order valence-corrected chi connectivity index (χ3v) is 3.93. The van der Waals surface area contributed by atoms with E-state index >= 15 is 0 Å². The molecule has 0 bridgehead atoms. The Morgan fingerprint density at radius 3 is 2.56 bits per heavy atom. The average Bonchev–Trinajstić information content (AvgIpc) is 2.63. The fraction of sp³-hybridized carbons (Fsp3) is 0.400. The second kappa shape index (κ2) is 4.16. The molecule has 1 aromatic carbocycles. The third kappa shape index (κ3) is 1.70. The zero-order valence-corrected chi connectivity index (χ0v) is 11.0. The lowest BCUT2D eigenvalue weighted by Crippen LogP contribution is -2.03. The second-order valence-corrected chi connectivity index (χ2v) is 5.15. The van der Waals surface area contributed by atoms with Gasteiger partial charge in [0, 0.05) is 12.6 Å². The minimum absolute atomic E-state index is 0.584. The highest BCUT2D eigenvalue weighted by molar-refractivity contribution is 5.66. The van der Waals surface area contributed by atoms with Gasteiger partial charge in [-0.2, -0.15) is 0 Å². The van der Waals surface area contributed by atoms with Crippen LogP contribution in [0, 0.1) is 6.92 Å². The molecule has 94 valence electrons. The Kier molecular flexibility index (Phi) is 2.62. The van der Waals surface area contributed by atoms with Crippen LogP contribution in [0.1, 0.15) is 29.7 Å². The molecule has 0 aliphatic heterocycles. The lowest BCUT2D eigenvalue weighted by Gasteiger charge is -2.17. The summed E-state index contributed by atoms with van der Waals surface area (Å²) in [4.78, 5) is 4.34. The Labute approximate surface area is 108 Å². The van der Waals surface area contributed by atoms with Gasteiger partial charge < -0.3 is 10.3 Å². The topological polar surface area (TPSA) is 43.8 Å². The van der Waals surface area contributed by atoms with Crippen molar-refractivity contribution in [3.8, 4) is 11.3 Å². The minimum atomic E-state index is 0.584. The fourth-order valence-electron chi connectivity index (χ4n) is 2.94. The summed E-state index contributed by atoms with van der Waals surface area (Å²) in [6.07, 6.45) is 5.06. The van der Waals surface area contributed by atoms with Gasteiger partial charge in [0.15, 0.2) is 0 Å². The van der Waals surface area contributed by atoms with Crippen LogP contribution in [0.4, 0.5) is 5.95 Å². The average molecular weight is 241 g/mol. The molecule has 1 heterocycles. The van der Waals surface area contributed by atoms with Crippen molar-refractivity contribution in [3.05, 3.63) is 35.0 Å². The maximum Gasteiger partial charge on any atom is 0.200 e. The molecule has 0 unspecified atom stereocenters. The first-order valence-corrected chi connectivity index (χ1v) is 6.58. The van der Waals surface area contributed by atoms with Gasteiger partial charge in [0.05, 0.1) is 11.4 Å². The van der Waals surface area contributed by atoms with Crippen molar-refractivity contribution < 1.29 is 0 Å². The van der Waals surface area contributed by atoms with Crippen molar-refractivity contribution in [2.75, 3.05) is 5.73 Å². The van der Waals surface area contributed by atoms with Crippen LogP contribution >= 0.6 is 0 Å². The molecule has 3 rings (SSSR count). The van der Waals surface area contributed by atoms with Crippen LogP contribution in [0.25, 0.3) is 11.3 Å². The SMILES string of the molecule is Cc1nc(N)n(C)c1-c1ccc2c(c1)CCCC2. The molecule has 3 heteroatoms. The summed E-state index contributed by atoms with van der Waals surface area (Å²) in [6.45, 7) is 2.02. The van der Waals surface area contributed by atoms with E-state index in [-0.39, 0.29) is 0 Å². The maximum absolute atomic E-state index is 5.87. The van der Waals surface area contributed by atoms with E-state index in [1.165, 1.54) is 42.4 Å². The van der Waals surface area contributed by atoms with E-state index in [9.17, 15) is 0 Å². The normalized spacial score (nSPS) is 14.6. The molecule has 1 aliphatic carbocycles. The lowest BCUT2D eigenvalue weighted by molar-refractivity contribution is 0.686. The summed E-state index contributed by atoms with van der Waals surface area (Å²) in [5, 5.41) is 0. The van der Waals surface area contributed by atoms with Crippen molar-refractivity contribution >= 4 is 5.95 Å². The van der Waals surface area contributed by atoms with E-state index in [1.807, 2.05) is 18.5 Å². The summed E-state index contributed by atoms with van der Waals surface area (Å²) in [7, 11) is 1.98. The number of aromatic nitrogens is 2. The summed E-state index contributed by atoms with van der Waals surface area (Å²) in [5.41, 5.74) is 12.3. The number of hydrogen-bond donors (Lipinski definition) is 1. The Bertz CT molecular complexity index is 596. The minimum Gasteiger partial charge on any atom is -0.369 e. The number of nitrogen functional groups attached to an aromatic ring is 1. The number of benzene rings is 1. The van der Waals surface area contributed by atoms with E-state index < -0.39 is 0 Å². The molecule has 0 saturated carbocycles. The number of anilines is 1. The summed E-state index contributed by atoms with van der Waals surface area (Å²) < 4.78 is 1.97. The zero-order chi connectivity index (χ0) is 12.7. The molecule has 18 heavy (non-hydrogen) atoms. The molecule has 0 saturated heterocycles. The zero-order valence-electron chi connectivity index (χ0n) is 11.0. The van der Waals surface area contributed by atoms with Gasteiger partial charge in [-0.15, -0.1) is 0 Å². The summed E-state index contributed by atoms with van der Waals surface area (Å²) >= 11 is 0. The molecule has 3 nitrogen and oxygen atoms in total. The number of hydrogen-bond acceptors (Lipinski definition) is 2. The van der Waals surface area contributed by atoms with Gasteiger partial charge in [0.2, 0.25) is 5.95 Å². The number of nitrogens with zero attached hydrogens (tertiary/aromatic N) is 2. The van der Waals surface area contributed by atoms with E-state index in [4.69, 9.17) is 5.73 Å². The number of fused-ring (bicyclic) bond motifs is 1. The predicted molar refractivity (Wildman–Crippen MR) is 74.4 cm³/mol. The molecular weight excluding hydrogens is 222 g/mol. The van der Waals surface area contributed by atoms with Crippen LogP contribution in [-0.4, -0.2) is 9.55 Å². The highest BCUT2D eigenvalue weighted by Gasteiger charge is 2.14. The lowest BCUT2D eigenvalue weighted by atomic mass is 9.90. The molecule has 2 aromatic rings. The number of aryl methyl sites for hydroxylation is 3. The van der Waals surface area contributed by atoms with Crippen molar-refractivity contribution in [1.29, 1.82) is 0 Å². The number of rotatable bonds is 1. The second-order valence-electron chi connectivity index (χ2n) is 5.15. The van der Waals surface area contributed by atoms with Gasteiger partial charge >= 0.3 is 0 Å². The van der Waals surface area contributed by atoms with E-state index in [2.05, 4.69) is 23.2 Å². The molecule has 0 atom stereocenters. The van der Waals surface area contributed by atoms with E-state index in [1.54, 1.807) is 0 Å². The number of nitrogens with two attached hydrogens (primary N) is 1. The van der Waals surface area contributed by atoms with Crippen molar-refractivity contribution in [1.82, 2.24) is 9.55 Å². The fourth-order valence-corrected chi connectivity index (χ4v) is 2.94. The smallest absolute Gasteiger partial charge is 0.200 e. The summed E-state index contributed by atoms with van der Waals surface area (Å²) in [6, 6.07) is 6.79. The first-order valence-electron chi connectivity index (χ1n) is 6.58. The monoisotopic (exact) mass is 241 g/mol. The van der Waals surface area contributed by atoms with Gasteiger partial charge in [-0.3, -0.25) is 0 Å². The molecule has 0 spiro atoms. The molecule has 0 fully saturated rings. The molecule has 1 aromatic heterocycles. The first kappa shape index (κ1) is 11.3.